The second kappa shape index (κ2) is 15.0. The molecule has 4 rings (SSSR count). The molecule has 4 saturated carbocycles. The van der Waals surface area contributed by atoms with Crippen molar-refractivity contribution in [1.82, 2.24) is 0 Å². The summed E-state index contributed by atoms with van der Waals surface area (Å²) in [5.41, 5.74) is 0.146. The Bertz CT molecular complexity index is 237. The summed E-state index contributed by atoms with van der Waals surface area (Å²) in [4.78, 5) is 0. The van der Waals surface area contributed by atoms with Gasteiger partial charge in [-0.1, -0.05) is 13.8 Å². The first-order valence-electron chi connectivity index (χ1n) is 7.99. The summed E-state index contributed by atoms with van der Waals surface area (Å²) in [6.45, 7) is 4.52. The summed E-state index contributed by atoms with van der Waals surface area (Å²) in [7, 11) is 0. The molecule has 0 nitrogen and oxygen atoms in total. The van der Waals surface area contributed by atoms with E-state index in [1.807, 2.05) is 64.2 Å². The zero-order chi connectivity index (χ0) is 16.4. The van der Waals surface area contributed by atoms with E-state index in [2.05, 4.69) is 65.2 Å². The van der Waals surface area contributed by atoms with Crippen molar-refractivity contribution in [1.29, 1.82) is 0 Å². The Kier molecular flexibility index (Phi) is 15.6. The maximum absolute atomic E-state index is 2.26. The van der Waals surface area contributed by atoms with E-state index in [1.54, 1.807) is 0 Å². The van der Waals surface area contributed by atoms with E-state index in [9.17, 15) is 0 Å². The van der Waals surface area contributed by atoms with E-state index in [-0.39, 0.29) is 39.6 Å². The molecule has 0 heterocycles. The van der Waals surface area contributed by atoms with Crippen LogP contribution in [0.25, 0.3) is 0 Å². The predicted molar refractivity (Wildman–Crippen MR) is 97.7 cm³/mol. The molecular weight excluding hydrogens is 388 g/mol. The number of hydrogen-bond acceptors (Lipinski definition) is 0. The maximum Gasteiger partial charge on any atom is 0 e. The molecule has 0 atom stereocenters. The minimum Gasteiger partial charge on any atom is -0.0588 e. The average Bonchev–Trinajstić information content (AvgIpc) is 3.44. The first-order valence-corrected chi connectivity index (χ1v) is 7.99. The minimum absolute atomic E-state index is 0. The molecule has 0 aromatic carbocycles. The van der Waals surface area contributed by atoms with E-state index < -0.39 is 0 Å². The number of rotatable bonds is 2. The van der Waals surface area contributed by atoms with Gasteiger partial charge < -0.3 is 0 Å². The Balaban J connectivity index is 0.000000400. The van der Waals surface area contributed by atoms with Crippen molar-refractivity contribution in [2.24, 2.45) is 5.41 Å². The van der Waals surface area contributed by atoms with Crippen LogP contribution < -0.4 is 0 Å². The predicted octanol–water partition coefficient (Wildman–Crippen LogP) is 4.86. The normalized spacial score (nSPS) is 23.8. The fraction of sp³-hybridized carbons (Fsp3) is 0.130. The molecule has 0 N–H and O–H groups in total. The standard InChI is InChI=1S/C13H14.2C5H5.2Fe/c1-13(2,11-7-3-4-8-11)12-9-5-6-10-12;2*1-2-4-5-3-1;;/h3-10H,1-2H3;2*1-5H;;. The van der Waals surface area contributed by atoms with Gasteiger partial charge in [0, 0.05) is 34.1 Å². The van der Waals surface area contributed by atoms with E-state index in [1.165, 1.54) is 11.8 Å². The molecule has 0 saturated heterocycles. The van der Waals surface area contributed by atoms with E-state index >= 15 is 0 Å². The second-order valence-electron chi connectivity index (χ2n) is 5.90. The van der Waals surface area contributed by atoms with Crippen LogP contribution in [-0.4, -0.2) is 0 Å². The summed E-state index contributed by atoms with van der Waals surface area (Å²) in [6.07, 6.45) is 37.1. The molecule has 4 fully saturated rings. The molecule has 132 valence electrons. The first-order chi connectivity index (χ1) is 11.2. The van der Waals surface area contributed by atoms with Gasteiger partial charge in [-0.05, 0) is 133 Å². The maximum atomic E-state index is 2.26. The van der Waals surface area contributed by atoms with Crippen LogP contribution in [0.1, 0.15) is 13.8 Å². The van der Waals surface area contributed by atoms with Gasteiger partial charge in [-0.15, -0.1) is 0 Å². The second-order valence-corrected chi connectivity index (χ2v) is 5.90. The topological polar surface area (TPSA) is 0 Å². The van der Waals surface area contributed by atoms with E-state index in [0.717, 1.165) is 0 Å². The zero-order valence-electron chi connectivity index (χ0n) is 14.6. The van der Waals surface area contributed by atoms with Gasteiger partial charge in [-0.25, -0.2) is 0 Å². The van der Waals surface area contributed by atoms with Gasteiger partial charge >= 0.3 is 0 Å². The van der Waals surface area contributed by atoms with Crippen molar-refractivity contribution < 1.29 is 34.1 Å². The van der Waals surface area contributed by atoms with Crippen molar-refractivity contribution in [3.63, 3.8) is 0 Å². The quantitative estimate of drug-likeness (QED) is 0.569. The van der Waals surface area contributed by atoms with Crippen molar-refractivity contribution in [2.45, 2.75) is 13.8 Å². The van der Waals surface area contributed by atoms with Gasteiger partial charge in [0.2, 0.25) is 0 Å². The fourth-order valence-corrected chi connectivity index (χ4v) is 2.39. The van der Waals surface area contributed by atoms with Crippen molar-refractivity contribution in [2.75, 3.05) is 0 Å². The van der Waals surface area contributed by atoms with Crippen LogP contribution in [0.4, 0.5) is 0 Å². The average molecular weight is 412 g/mol. The molecule has 4 aliphatic rings. The molecule has 0 amide bonds. The van der Waals surface area contributed by atoms with Crippen molar-refractivity contribution in [3.05, 3.63) is 127 Å². The van der Waals surface area contributed by atoms with Gasteiger partial charge in [-0.3, -0.25) is 0 Å². The Labute approximate surface area is 180 Å². The summed E-state index contributed by atoms with van der Waals surface area (Å²) >= 11 is 0. The molecular formula is C23H24Fe2. The molecule has 0 aliphatic heterocycles. The molecule has 20 radical (unpaired) electrons. The van der Waals surface area contributed by atoms with Crippen LogP contribution in [0.3, 0.4) is 0 Å². The van der Waals surface area contributed by atoms with Gasteiger partial charge in [0.05, 0.1) is 0 Å². The molecule has 2 heteroatoms. The van der Waals surface area contributed by atoms with Gasteiger partial charge in [0.25, 0.3) is 0 Å². The molecule has 4 aliphatic carbocycles. The summed E-state index contributed by atoms with van der Waals surface area (Å²) in [5.74, 6) is 2.78. The third-order valence-electron chi connectivity index (χ3n) is 3.88. The Hall–Kier alpha value is 1.04. The molecule has 0 bridgehead atoms. The summed E-state index contributed by atoms with van der Waals surface area (Å²) in [6, 6.07) is 0. The molecule has 0 spiro atoms. The smallest absolute Gasteiger partial charge is 0 e. The monoisotopic (exact) mass is 412 g/mol. The molecule has 0 aromatic rings. The largest absolute Gasteiger partial charge is 0.0588 e. The SMILES string of the molecule is CC(C)([C]1[CH][CH][CH][CH]1)[C]1[CH][CH][CH][CH]1.[CH]1[CH][CH][CH][CH]1.[CH]1[CH][CH][CH][CH]1.[Fe].[Fe]. The first kappa shape index (κ1) is 26.0. The fourth-order valence-electron chi connectivity index (χ4n) is 2.39. The van der Waals surface area contributed by atoms with E-state index in [0.29, 0.717) is 0 Å². The molecule has 25 heavy (non-hydrogen) atoms. The Morgan fingerprint density at radius 2 is 0.600 bits per heavy atom. The van der Waals surface area contributed by atoms with Gasteiger partial charge in [-0.2, -0.15) is 0 Å². The van der Waals surface area contributed by atoms with Crippen LogP contribution in [-0.2, 0) is 34.1 Å². The Morgan fingerprint density at radius 3 is 0.800 bits per heavy atom. The van der Waals surface area contributed by atoms with Crippen LogP contribution in [0.15, 0.2) is 0 Å². The molecule has 0 unspecified atom stereocenters. The van der Waals surface area contributed by atoms with Crippen LogP contribution in [0.2, 0.25) is 0 Å². The third-order valence-corrected chi connectivity index (χ3v) is 3.88. The summed E-state index contributed by atoms with van der Waals surface area (Å²) < 4.78 is 0. The zero-order valence-corrected chi connectivity index (χ0v) is 16.8. The Morgan fingerprint density at radius 1 is 0.400 bits per heavy atom. The van der Waals surface area contributed by atoms with Crippen LogP contribution in [0.5, 0.6) is 0 Å². The number of hydrogen-bond donors (Lipinski definition) is 0. The van der Waals surface area contributed by atoms with Crippen LogP contribution in [0, 0.1) is 133 Å². The van der Waals surface area contributed by atoms with Gasteiger partial charge in [0.15, 0.2) is 0 Å². The minimum atomic E-state index is 0. The van der Waals surface area contributed by atoms with Crippen LogP contribution >= 0.6 is 0 Å². The van der Waals surface area contributed by atoms with E-state index in [4.69, 9.17) is 0 Å². The molecule has 0 aromatic heterocycles. The van der Waals surface area contributed by atoms with Crippen molar-refractivity contribution in [3.8, 4) is 0 Å². The summed E-state index contributed by atoms with van der Waals surface area (Å²) in [5, 5.41) is 0. The van der Waals surface area contributed by atoms with Crippen molar-refractivity contribution >= 4 is 0 Å². The third kappa shape index (κ3) is 9.69. The van der Waals surface area contributed by atoms with Gasteiger partial charge in [0.1, 0.15) is 0 Å².